The number of hydrogen-bond donors (Lipinski definition) is 1. The Kier molecular flexibility index (Phi) is 4.62. The van der Waals surface area contributed by atoms with Gasteiger partial charge in [-0.3, -0.25) is 4.68 Å². The maximum Gasteiger partial charge on any atom is 0.0849 e. The first-order valence-corrected chi connectivity index (χ1v) is 6.60. The molecule has 1 aromatic heterocycles. The highest BCUT2D eigenvalue weighted by atomic mass is 35.5. The van der Waals surface area contributed by atoms with Gasteiger partial charge < -0.3 is 5.73 Å². The third kappa shape index (κ3) is 3.71. The zero-order valence-electron chi connectivity index (χ0n) is 11.5. The fraction of sp³-hybridized carbons (Fsp3) is 0.769. The Bertz CT molecular complexity index is 380. The van der Waals surface area contributed by atoms with Crippen LogP contribution in [0.25, 0.3) is 0 Å². The number of aromatic nitrogens is 2. The van der Waals surface area contributed by atoms with Crippen molar-refractivity contribution in [2.45, 2.75) is 53.0 Å². The summed E-state index contributed by atoms with van der Waals surface area (Å²) in [5.74, 6) is 0. The van der Waals surface area contributed by atoms with Gasteiger partial charge in [0.25, 0.3) is 0 Å². The second kappa shape index (κ2) is 5.40. The van der Waals surface area contributed by atoms with Crippen molar-refractivity contribution in [1.82, 2.24) is 9.78 Å². The number of aryl methyl sites for hydroxylation is 2. The Balaban J connectivity index is 2.91. The predicted molar refractivity (Wildman–Crippen MR) is 73.3 cm³/mol. The molecule has 0 fully saturated rings. The first kappa shape index (κ1) is 14.5. The fourth-order valence-electron chi connectivity index (χ4n) is 2.41. The first-order chi connectivity index (χ1) is 7.76. The van der Waals surface area contributed by atoms with E-state index in [0.29, 0.717) is 0 Å². The van der Waals surface area contributed by atoms with Gasteiger partial charge in [-0.2, -0.15) is 5.10 Å². The largest absolute Gasteiger partial charge is 0.328 e. The van der Waals surface area contributed by atoms with Crippen LogP contribution in [0.5, 0.6) is 0 Å². The molecule has 98 valence electrons. The molecule has 0 aliphatic rings. The molecule has 0 radical (unpaired) electrons. The van der Waals surface area contributed by atoms with Gasteiger partial charge in [-0.25, -0.2) is 0 Å². The quantitative estimate of drug-likeness (QED) is 0.882. The third-order valence-corrected chi connectivity index (χ3v) is 3.46. The summed E-state index contributed by atoms with van der Waals surface area (Å²) in [7, 11) is 1.96. The second-order valence-corrected chi connectivity index (χ2v) is 6.08. The van der Waals surface area contributed by atoms with Crippen LogP contribution in [0.1, 0.15) is 45.5 Å². The van der Waals surface area contributed by atoms with Gasteiger partial charge in [0.05, 0.1) is 16.4 Å². The van der Waals surface area contributed by atoms with E-state index in [1.807, 2.05) is 18.7 Å². The maximum absolute atomic E-state index is 6.36. The number of halogens is 1. The van der Waals surface area contributed by atoms with E-state index in [2.05, 4.69) is 25.9 Å². The lowest BCUT2D eigenvalue weighted by Gasteiger charge is -2.26. The molecule has 2 N–H and O–H groups in total. The molecule has 1 unspecified atom stereocenters. The number of nitrogens with zero attached hydrogens (tertiary/aromatic N) is 2. The van der Waals surface area contributed by atoms with Crippen LogP contribution in [-0.2, 0) is 19.9 Å². The smallest absolute Gasteiger partial charge is 0.0849 e. The van der Waals surface area contributed by atoms with Crippen molar-refractivity contribution in [1.29, 1.82) is 0 Å². The van der Waals surface area contributed by atoms with Gasteiger partial charge in [-0.05, 0) is 31.6 Å². The summed E-state index contributed by atoms with van der Waals surface area (Å²) >= 11 is 6.36. The lowest BCUT2D eigenvalue weighted by molar-refractivity contribution is 0.302. The Morgan fingerprint density at radius 3 is 2.47 bits per heavy atom. The van der Waals surface area contributed by atoms with Crippen molar-refractivity contribution in [3.8, 4) is 0 Å². The van der Waals surface area contributed by atoms with E-state index in [9.17, 15) is 0 Å². The molecule has 0 saturated heterocycles. The molecule has 4 heteroatoms. The van der Waals surface area contributed by atoms with E-state index in [0.717, 1.165) is 35.7 Å². The molecule has 1 aromatic rings. The van der Waals surface area contributed by atoms with E-state index in [1.54, 1.807) is 0 Å². The minimum atomic E-state index is 0.149. The molecule has 0 aromatic carbocycles. The minimum absolute atomic E-state index is 0.149. The molecule has 1 heterocycles. The van der Waals surface area contributed by atoms with Crippen LogP contribution in [0.15, 0.2) is 0 Å². The number of rotatable bonds is 5. The highest BCUT2D eigenvalue weighted by Crippen LogP contribution is 2.31. The molecule has 1 atom stereocenters. The molecule has 3 nitrogen and oxygen atoms in total. The standard InChI is InChI=1S/C13H24ClN3/c1-6-10-12(14)11(17(5)16-10)8-13(3,4)7-9(2)15/h9H,6-8,15H2,1-5H3. The van der Waals surface area contributed by atoms with Gasteiger partial charge in [0.15, 0.2) is 0 Å². The van der Waals surface area contributed by atoms with Crippen LogP contribution in [0.2, 0.25) is 5.02 Å². The lowest BCUT2D eigenvalue weighted by atomic mass is 9.82. The molecule has 0 spiro atoms. The topological polar surface area (TPSA) is 43.8 Å². The van der Waals surface area contributed by atoms with Gasteiger partial charge in [-0.15, -0.1) is 0 Å². The number of hydrogen-bond acceptors (Lipinski definition) is 2. The molecule has 0 saturated carbocycles. The zero-order valence-corrected chi connectivity index (χ0v) is 12.3. The third-order valence-electron chi connectivity index (χ3n) is 3.02. The summed E-state index contributed by atoms with van der Waals surface area (Å²) in [6.07, 6.45) is 2.77. The Morgan fingerprint density at radius 1 is 1.47 bits per heavy atom. The lowest BCUT2D eigenvalue weighted by Crippen LogP contribution is -2.27. The van der Waals surface area contributed by atoms with Gasteiger partial charge in [0.2, 0.25) is 0 Å². The minimum Gasteiger partial charge on any atom is -0.328 e. The predicted octanol–water partition coefficient (Wildman–Crippen LogP) is 2.94. The van der Waals surface area contributed by atoms with Gasteiger partial charge in [0.1, 0.15) is 0 Å². The van der Waals surface area contributed by atoms with Gasteiger partial charge >= 0.3 is 0 Å². The van der Waals surface area contributed by atoms with Gasteiger partial charge in [-0.1, -0.05) is 32.4 Å². The maximum atomic E-state index is 6.36. The van der Waals surface area contributed by atoms with Crippen molar-refractivity contribution >= 4 is 11.6 Å². The fourth-order valence-corrected chi connectivity index (χ4v) is 2.77. The monoisotopic (exact) mass is 257 g/mol. The average molecular weight is 258 g/mol. The molecule has 0 bridgehead atoms. The molecular weight excluding hydrogens is 234 g/mol. The van der Waals surface area contributed by atoms with Crippen LogP contribution in [0.4, 0.5) is 0 Å². The molecular formula is C13H24ClN3. The molecule has 0 aliphatic carbocycles. The van der Waals surface area contributed by atoms with Crippen molar-refractivity contribution in [3.63, 3.8) is 0 Å². The van der Waals surface area contributed by atoms with Crippen LogP contribution in [0, 0.1) is 5.41 Å². The first-order valence-electron chi connectivity index (χ1n) is 6.22. The van der Waals surface area contributed by atoms with Crippen molar-refractivity contribution in [2.24, 2.45) is 18.2 Å². The zero-order chi connectivity index (χ0) is 13.2. The molecule has 0 aliphatic heterocycles. The van der Waals surface area contributed by atoms with Crippen molar-refractivity contribution in [2.75, 3.05) is 0 Å². The summed E-state index contributed by atoms with van der Waals surface area (Å²) in [4.78, 5) is 0. The average Bonchev–Trinajstić information content (AvgIpc) is 2.42. The van der Waals surface area contributed by atoms with E-state index in [4.69, 9.17) is 17.3 Å². The van der Waals surface area contributed by atoms with Crippen LogP contribution >= 0.6 is 11.6 Å². The van der Waals surface area contributed by atoms with E-state index >= 15 is 0 Å². The summed E-state index contributed by atoms with van der Waals surface area (Å²) in [6.45, 7) is 8.58. The summed E-state index contributed by atoms with van der Waals surface area (Å²) in [6, 6.07) is 0.211. The van der Waals surface area contributed by atoms with Crippen molar-refractivity contribution in [3.05, 3.63) is 16.4 Å². The van der Waals surface area contributed by atoms with Crippen LogP contribution < -0.4 is 5.73 Å². The Labute approximate surface area is 109 Å². The molecule has 17 heavy (non-hydrogen) atoms. The normalized spacial score (nSPS) is 14.1. The Morgan fingerprint density at radius 2 is 2.06 bits per heavy atom. The van der Waals surface area contributed by atoms with E-state index in [1.165, 1.54) is 0 Å². The molecule has 1 rings (SSSR count). The summed E-state index contributed by atoms with van der Waals surface area (Å²) in [5, 5.41) is 5.27. The van der Waals surface area contributed by atoms with E-state index in [-0.39, 0.29) is 11.5 Å². The second-order valence-electron chi connectivity index (χ2n) is 5.71. The van der Waals surface area contributed by atoms with Crippen molar-refractivity contribution < 1.29 is 0 Å². The molecule has 0 amide bonds. The SMILES string of the molecule is CCc1nn(C)c(CC(C)(C)CC(C)N)c1Cl. The highest BCUT2D eigenvalue weighted by Gasteiger charge is 2.24. The Hall–Kier alpha value is -0.540. The summed E-state index contributed by atoms with van der Waals surface area (Å²) in [5.41, 5.74) is 8.14. The van der Waals surface area contributed by atoms with E-state index < -0.39 is 0 Å². The summed E-state index contributed by atoms with van der Waals surface area (Å²) < 4.78 is 1.91. The highest BCUT2D eigenvalue weighted by molar-refractivity contribution is 6.31. The van der Waals surface area contributed by atoms with Crippen LogP contribution in [-0.4, -0.2) is 15.8 Å². The van der Waals surface area contributed by atoms with Crippen LogP contribution in [0.3, 0.4) is 0 Å². The van der Waals surface area contributed by atoms with Gasteiger partial charge in [0, 0.05) is 13.1 Å². The number of nitrogens with two attached hydrogens (primary N) is 1.